The van der Waals surface area contributed by atoms with Gasteiger partial charge < -0.3 is 0 Å². The maximum atomic E-state index is 11.2. The van der Waals surface area contributed by atoms with Crippen LogP contribution in [-0.2, 0) is 4.79 Å². The van der Waals surface area contributed by atoms with Gasteiger partial charge in [-0.2, -0.15) is 0 Å². The first kappa shape index (κ1) is 11.0. The summed E-state index contributed by atoms with van der Waals surface area (Å²) in [5.74, 6) is 0.585. The lowest BCUT2D eigenvalue weighted by Gasteiger charge is -2.38. The van der Waals surface area contributed by atoms with Crippen molar-refractivity contribution in [1.82, 2.24) is 0 Å². The Morgan fingerprint density at radius 2 is 1.77 bits per heavy atom. The SMILES string of the molecule is CC(C)(C)C1CCCCC1C(=O)Cl. The zero-order valence-electron chi connectivity index (χ0n) is 8.77. The molecule has 2 heteroatoms. The summed E-state index contributed by atoms with van der Waals surface area (Å²) in [7, 11) is 0. The standard InChI is InChI=1S/C11H19ClO/c1-11(2,3)9-7-5-4-6-8(9)10(12)13/h8-9H,4-7H2,1-3H3. The van der Waals surface area contributed by atoms with Crippen LogP contribution in [0.1, 0.15) is 46.5 Å². The van der Waals surface area contributed by atoms with Crippen molar-refractivity contribution in [2.45, 2.75) is 46.5 Å². The molecule has 1 rings (SSSR count). The number of hydrogen-bond acceptors (Lipinski definition) is 1. The average molecular weight is 203 g/mol. The van der Waals surface area contributed by atoms with Crippen LogP contribution in [0.3, 0.4) is 0 Å². The monoisotopic (exact) mass is 202 g/mol. The van der Waals surface area contributed by atoms with E-state index < -0.39 is 0 Å². The van der Waals surface area contributed by atoms with E-state index in [0.717, 1.165) is 19.3 Å². The molecule has 0 aromatic rings. The van der Waals surface area contributed by atoms with Crippen LogP contribution in [-0.4, -0.2) is 5.24 Å². The number of carbonyl (C=O) groups excluding carboxylic acids is 1. The third-order valence-electron chi connectivity index (χ3n) is 3.17. The van der Waals surface area contributed by atoms with Crippen molar-refractivity contribution >= 4 is 16.8 Å². The molecule has 0 amide bonds. The molecule has 2 unspecified atom stereocenters. The summed E-state index contributed by atoms with van der Waals surface area (Å²) in [6, 6.07) is 0. The number of halogens is 1. The minimum Gasteiger partial charge on any atom is -0.281 e. The Bertz CT molecular complexity index is 193. The van der Waals surface area contributed by atoms with Crippen LogP contribution in [0.15, 0.2) is 0 Å². The largest absolute Gasteiger partial charge is 0.281 e. The molecule has 0 spiro atoms. The summed E-state index contributed by atoms with van der Waals surface area (Å²) in [4.78, 5) is 11.2. The van der Waals surface area contributed by atoms with E-state index in [2.05, 4.69) is 20.8 Å². The van der Waals surface area contributed by atoms with Crippen LogP contribution in [0.2, 0.25) is 0 Å². The first-order chi connectivity index (χ1) is 5.93. The van der Waals surface area contributed by atoms with Gasteiger partial charge in [0.25, 0.3) is 0 Å². The maximum absolute atomic E-state index is 11.2. The Morgan fingerprint density at radius 3 is 2.15 bits per heavy atom. The number of carbonyl (C=O) groups is 1. The Morgan fingerprint density at radius 1 is 1.23 bits per heavy atom. The zero-order valence-corrected chi connectivity index (χ0v) is 9.53. The molecule has 0 aromatic carbocycles. The Labute approximate surface area is 85.8 Å². The Hall–Kier alpha value is -0.0400. The molecule has 1 fully saturated rings. The maximum Gasteiger partial charge on any atom is 0.225 e. The third-order valence-corrected chi connectivity index (χ3v) is 3.45. The lowest BCUT2D eigenvalue weighted by molar-refractivity contribution is -0.119. The molecular weight excluding hydrogens is 184 g/mol. The molecule has 1 nitrogen and oxygen atoms in total. The molecule has 1 aliphatic rings. The van der Waals surface area contributed by atoms with Gasteiger partial charge in [-0.15, -0.1) is 0 Å². The highest BCUT2D eigenvalue weighted by atomic mass is 35.5. The second-order valence-corrected chi connectivity index (χ2v) is 5.54. The molecule has 0 N–H and O–H groups in total. The summed E-state index contributed by atoms with van der Waals surface area (Å²) in [5.41, 5.74) is 0.218. The van der Waals surface area contributed by atoms with E-state index in [1.54, 1.807) is 0 Å². The number of rotatable bonds is 1. The highest BCUT2D eigenvalue weighted by molar-refractivity contribution is 6.64. The molecule has 0 saturated heterocycles. The molecule has 0 aromatic heterocycles. The quantitative estimate of drug-likeness (QED) is 0.594. The van der Waals surface area contributed by atoms with Crippen LogP contribution in [0.5, 0.6) is 0 Å². The van der Waals surface area contributed by atoms with E-state index >= 15 is 0 Å². The lowest BCUT2D eigenvalue weighted by atomic mass is 9.67. The summed E-state index contributed by atoms with van der Waals surface area (Å²) in [6.45, 7) is 6.61. The third kappa shape index (κ3) is 2.70. The average Bonchev–Trinajstić information content (AvgIpc) is 2.03. The minimum atomic E-state index is -0.125. The van der Waals surface area contributed by atoms with E-state index in [-0.39, 0.29) is 16.6 Å². The first-order valence-corrected chi connectivity index (χ1v) is 5.50. The fourth-order valence-electron chi connectivity index (χ4n) is 2.44. The fourth-order valence-corrected chi connectivity index (χ4v) is 2.70. The minimum absolute atomic E-state index is 0.107. The van der Waals surface area contributed by atoms with Gasteiger partial charge in [0.05, 0.1) is 0 Å². The van der Waals surface area contributed by atoms with Gasteiger partial charge >= 0.3 is 0 Å². The van der Waals surface area contributed by atoms with Gasteiger partial charge in [-0.25, -0.2) is 0 Å². The van der Waals surface area contributed by atoms with Crippen molar-refractivity contribution < 1.29 is 4.79 Å². The van der Waals surface area contributed by atoms with Gasteiger partial charge in [0.2, 0.25) is 5.24 Å². The van der Waals surface area contributed by atoms with Crippen LogP contribution < -0.4 is 0 Å². The second kappa shape index (κ2) is 4.00. The predicted octanol–water partition coefficient (Wildman–Crippen LogP) is 3.60. The highest BCUT2D eigenvalue weighted by Crippen LogP contribution is 2.42. The van der Waals surface area contributed by atoms with Crippen molar-refractivity contribution in [3.8, 4) is 0 Å². The molecule has 0 bridgehead atoms. The smallest absolute Gasteiger partial charge is 0.225 e. The molecule has 0 heterocycles. The van der Waals surface area contributed by atoms with E-state index in [1.807, 2.05) is 0 Å². The topological polar surface area (TPSA) is 17.1 Å². The van der Waals surface area contributed by atoms with Gasteiger partial charge in [-0.05, 0) is 35.8 Å². The molecule has 76 valence electrons. The molecule has 1 saturated carbocycles. The molecule has 0 radical (unpaired) electrons. The Kier molecular flexibility index (Phi) is 3.39. The lowest BCUT2D eigenvalue weighted by Crippen LogP contribution is -2.34. The van der Waals surface area contributed by atoms with Gasteiger partial charge in [0.15, 0.2) is 0 Å². The van der Waals surface area contributed by atoms with Gasteiger partial charge in [-0.3, -0.25) is 4.79 Å². The van der Waals surface area contributed by atoms with E-state index in [0.29, 0.717) is 5.92 Å². The molecular formula is C11H19ClO. The van der Waals surface area contributed by atoms with Crippen LogP contribution in [0, 0.1) is 17.3 Å². The molecule has 1 aliphatic carbocycles. The second-order valence-electron chi connectivity index (χ2n) is 5.17. The van der Waals surface area contributed by atoms with E-state index in [9.17, 15) is 4.79 Å². The van der Waals surface area contributed by atoms with Crippen LogP contribution in [0.25, 0.3) is 0 Å². The fraction of sp³-hybridized carbons (Fsp3) is 0.909. The summed E-state index contributed by atoms with van der Waals surface area (Å²) < 4.78 is 0. The highest BCUT2D eigenvalue weighted by Gasteiger charge is 2.37. The molecule has 2 atom stereocenters. The van der Waals surface area contributed by atoms with Crippen molar-refractivity contribution in [3.63, 3.8) is 0 Å². The van der Waals surface area contributed by atoms with Gasteiger partial charge in [-0.1, -0.05) is 33.6 Å². The Balaban J connectivity index is 2.73. The predicted molar refractivity (Wildman–Crippen MR) is 55.8 cm³/mol. The first-order valence-electron chi connectivity index (χ1n) is 5.12. The molecule has 0 aliphatic heterocycles. The van der Waals surface area contributed by atoms with E-state index in [1.165, 1.54) is 6.42 Å². The number of hydrogen-bond donors (Lipinski definition) is 0. The van der Waals surface area contributed by atoms with Crippen molar-refractivity contribution in [3.05, 3.63) is 0 Å². The van der Waals surface area contributed by atoms with Gasteiger partial charge in [0, 0.05) is 5.92 Å². The van der Waals surface area contributed by atoms with Crippen LogP contribution in [0.4, 0.5) is 0 Å². The summed E-state index contributed by atoms with van der Waals surface area (Å²) in [5, 5.41) is -0.125. The van der Waals surface area contributed by atoms with Crippen molar-refractivity contribution in [2.24, 2.45) is 17.3 Å². The normalized spacial score (nSPS) is 30.2. The van der Waals surface area contributed by atoms with Gasteiger partial charge in [0.1, 0.15) is 0 Å². The zero-order chi connectivity index (χ0) is 10.1. The summed E-state index contributed by atoms with van der Waals surface area (Å²) in [6.07, 6.45) is 4.56. The summed E-state index contributed by atoms with van der Waals surface area (Å²) >= 11 is 5.62. The molecule has 13 heavy (non-hydrogen) atoms. The van der Waals surface area contributed by atoms with Crippen molar-refractivity contribution in [2.75, 3.05) is 0 Å². The van der Waals surface area contributed by atoms with E-state index in [4.69, 9.17) is 11.6 Å². The van der Waals surface area contributed by atoms with Crippen LogP contribution >= 0.6 is 11.6 Å². The van der Waals surface area contributed by atoms with Crippen molar-refractivity contribution in [1.29, 1.82) is 0 Å².